The van der Waals surface area contributed by atoms with E-state index in [1.807, 2.05) is 30.3 Å². The molecule has 1 heterocycles. The van der Waals surface area contributed by atoms with Crippen LogP contribution in [0.15, 0.2) is 72.8 Å². The molecule has 1 aliphatic heterocycles. The van der Waals surface area contributed by atoms with Crippen molar-refractivity contribution in [3.8, 4) is 0 Å². The maximum atomic E-state index is 13.6. The van der Waals surface area contributed by atoms with Crippen LogP contribution in [0.25, 0.3) is 11.3 Å². The lowest BCUT2D eigenvalue weighted by atomic mass is 10.00. The van der Waals surface area contributed by atoms with Crippen molar-refractivity contribution in [2.45, 2.75) is 0 Å². The highest BCUT2D eigenvalue weighted by molar-refractivity contribution is 6.37. The van der Waals surface area contributed by atoms with Gasteiger partial charge in [-0.1, -0.05) is 30.3 Å². The summed E-state index contributed by atoms with van der Waals surface area (Å²) < 4.78 is 13.6. The quantitative estimate of drug-likeness (QED) is 0.553. The third-order valence-electron chi connectivity index (χ3n) is 5.07. The largest absolute Gasteiger partial charge is 0.387 e. The van der Waals surface area contributed by atoms with Crippen LogP contribution >= 0.6 is 0 Å². The Labute approximate surface area is 178 Å². The fraction of sp³-hybridized carbons (Fsp3) is 0.0833. The molecule has 0 atom stereocenters. The van der Waals surface area contributed by atoms with Crippen molar-refractivity contribution in [3.63, 3.8) is 0 Å². The molecule has 0 bridgehead atoms. The van der Waals surface area contributed by atoms with Crippen LogP contribution in [0.3, 0.4) is 0 Å². The van der Waals surface area contributed by atoms with E-state index in [4.69, 9.17) is 5.11 Å². The first-order valence-corrected chi connectivity index (χ1v) is 9.63. The Hall–Kier alpha value is -3.97. The van der Waals surface area contributed by atoms with E-state index in [1.54, 1.807) is 37.4 Å². The van der Waals surface area contributed by atoms with Gasteiger partial charge in [0.1, 0.15) is 12.4 Å². The van der Waals surface area contributed by atoms with Gasteiger partial charge < -0.3 is 20.6 Å². The number of likely N-dealkylation sites (N-methyl/N-ethyl adjacent to an activating group) is 1. The van der Waals surface area contributed by atoms with Crippen molar-refractivity contribution in [2.24, 2.45) is 0 Å². The molecule has 0 aliphatic carbocycles. The number of rotatable bonds is 5. The van der Waals surface area contributed by atoms with Crippen molar-refractivity contribution >= 4 is 40.1 Å². The maximum absolute atomic E-state index is 13.6. The van der Waals surface area contributed by atoms with Gasteiger partial charge in [-0.25, -0.2) is 4.39 Å². The number of hydrogen-bond acceptors (Lipinski definition) is 4. The number of benzene rings is 3. The third kappa shape index (κ3) is 4.04. The van der Waals surface area contributed by atoms with Crippen LogP contribution < -0.4 is 15.5 Å². The number of aliphatic hydroxyl groups excluding tert-OH is 1. The number of halogens is 1. The molecule has 3 N–H and O–H groups in total. The molecule has 4 rings (SSSR count). The number of nitrogens with one attached hydrogen (secondary N) is 2. The van der Waals surface area contributed by atoms with Crippen molar-refractivity contribution in [2.75, 3.05) is 29.2 Å². The highest BCUT2D eigenvalue weighted by Gasteiger charge is 2.28. The average molecular weight is 417 g/mol. The number of hydrogen-bond donors (Lipinski definition) is 3. The SMILES string of the molecule is CN(C(=O)CO)c1ccc(N/C(=C2\C(=O)Nc3cc(F)ccc32)c2ccccc2)cc1. The second-order valence-electron chi connectivity index (χ2n) is 7.04. The Bertz CT molecular complexity index is 1170. The van der Waals surface area contributed by atoms with Crippen molar-refractivity contribution in [3.05, 3.63) is 89.7 Å². The van der Waals surface area contributed by atoms with Gasteiger partial charge in [0, 0.05) is 24.0 Å². The molecular weight excluding hydrogens is 397 g/mol. The van der Waals surface area contributed by atoms with Crippen molar-refractivity contribution in [1.29, 1.82) is 0 Å². The molecule has 3 aromatic rings. The summed E-state index contributed by atoms with van der Waals surface area (Å²) in [6.07, 6.45) is 0. The van der Waals surface area contributed by atoms with Crippen LogP contribution in [0.4, 0.5) is 21.5 Å². The number of aliphatic hydroxyl groups is 1. The molecule has 0 spiro atoms. The average Bonchev–Trinajstić information content (AvgIpc) is 3.11. The standard InChI is InChI=1S/C24H20FN3O3/c1-28(21(30)14-29)18-10-8-17(9-11-18)26-23(15-5-3-2-4-6-15)22-19-12-7-16(25)13-20(19)27-24(22)31/h2-13,26,29H,14H2,1H3,(H,27,31)/b23-22-. The zero-order valence-electron chi connectivity index (χ0n) is 16.7. The molecule has 7 heteroatoms. The predicted molar refractivity (Wildman–Crippen MR) is 119 cm³/mol. The van der Waals surface area contributed by atoms with E-state index >= 15 is 0 Å². The molecule has 0 radical (unpaired) electrons. The summed E-state index contributed by atoms with van der Waals surface area (Å²) in [5, 5.41) is 15.1. The van der Waals surface area contributed by atoms with E-state index in [0.717, 1.165) is 5.56 Å². The summed E-state index contributed by atoms with van der Waals surface area (Å²) in [5.41, 5.74) is 4.15. The monoisotopic (exact) mass is 417 g/mol. The predicted octanol–water partition coefficient (Wildman–Crippen LogP) is 3.71. The summed E-state index contributed by atoms with van der Waals surface area (Å²) >= 11 is 0. The van der Waals surface area contributed by atoms with Gasteiger partial charge in [0.15, 0.2) is 0 Å². The molecule has 0 aromatic heterocycles. The van der Waals surface area contributed by atoms with Gasteiger partial charge in [-0.05, 0) is 48.0 Å². The van der Waals surface area contributed by atoms with Gasteiger partial charge >= 0.3 is 0 Å². The van der Waals surface area contributed by atoms with E-state index in [9.17, 15) is 14.0 Å². The van der Waals surface area contributed by atoms with Gasteiger partial charge in [0.05, 0.1) is 17.0 Å². The van der Waals surface area contributed by atoms with Gasteiger partial charge in [0.2, 0.25) is 0 Å². The second-order valence-corrected chi connectivity index (χ2v) is 7.04. The summed E-state index contributed by atoms with van der Waals surface area (Å²) in [7, 11) is 1.58. The fourth-order valence-corrected chi connectivity index (χ4v) is 3.44. The molecule has 0 unspecified atom stereocenters. The second kappa shape index (κ2) is 8.41. The smallest absolute Gasteiger partial charge is 0.258 e. The lowest BCUT2D eigenvalue weighted by Gasteiger charge is -2.18. The molecule has 1 aliphatic rings. The maximum Gasteiger partial charge on any atom is 0.258 e. The van der Waals surface area contributed by atoms with Crippen LogP contribution in [0.5, 0.6) is 0 Å². The minimum Gasteiger partial charge on any atom is -0.387 e. The Morgan fingerprint density at radius 2 is 1.77 bits per heavy atom. The molecule has 0 saturated heterocycles. The first-order valence-electron chi connectivity index (χ1n) is 9.63. The summed E-state index contributed by atoms with van der Waals surface area (Å²) in [5.74, 6) is -1.16. The van der Waals surface area contributed by atoms with E-state index < -0.39 is 18.3 Å². The molecule has 3 aromatic carbocycles. The zero-order chi connectivity index (χ0) is 22.0. The summed E-state index contributed by atoms with van der Waals surface area (Å²) in [6, 6.07) is 20.6. The summed E-state index contributed by atoms with van der Waals surface area (Å²) in [6.45, 7) is -0.574. The molecule has 0 saturated carbocycles. The number of carbonyl (C=O) groups is 2. The van der Waals surface area contributed by atoms with Gasteiger partial charge in [-0.3, -0.25) is 9.59 Å². The number of carbonyl (C=O) groups excluding carboxylic acids is 2. The zero-order valence-corrected chi connectivity index (χ0v) is 16.7. The normalized spacial score (nSPS) is 14.0. The minimum absolute atomic E-state index is 0.322. The minimum atomic E-state index is -0.574. The van der Waals surface area contributed by atoms with Gasteiger partial charge in [-0.2, -0.15) is 0 Å². The van der Waals surface area contributed by atoms with Crippen LogP contribution in [0.1, 0.15) is 11.1 Å². The fourth-order valence-electron chi connectivity index (χ4n) is 3.44. The Morgan fingerprint density at radius 3 is 2.45 bits per heavy atom. The lowest BCUT2D eigenvalue weighted by molar-refractivity contribution is -0.121. The number of fused-ring (bicyclic) bond motifs is 1. The third-order valence-corrected chi connectivity index (χ3v) is 5.07. The van der Waals surface area contributed by atoms with Crippen LogP contribution in [-0.2, 0) is 9.59 Å². The van der Waals surface area contributed by atoms with Crippen molar-refractivity contribution < 1.29 is 19.1 Å². The molecule has 2 amide bonds. The van der Waals surface area contributed by atoms with Gasteiger partial charge in [-0.15, -0.1) is 0 Å². The van der Waals surface area contributed by atoms with E-state index in [0.29, 0.717) is 33.9 Å². The molecule has 156 valence electrons. The first kappa shape index (κ1) is 20.3. The number of amides is 2. The lowest BCUT2D eigenvalue weighted by Crippen LogP contribution is -2.28. The number of nitrogens with zero attached hydrogens (tertiary/aromatic N) is 1. The van der Waals surface area contributed by atoms with Crippen LogP contribution in [0.2, 0.25) is 0 Å². The number of anilines is 3. The van der Waals surface area contributed by atoms with Crippen molar-refractivity contribution in [1.82, 2.24) is 0 Å². The first-order chi connectivity index (χ1) is 15.0. The Morgan fingerprint density at radius 1 is 1.06 bits per heavy atom. The Balaban J connectivity index is 1.76. The van der Waals surface area contributed by atoms with E-state index in [2.05, 4.69) is 10.6 Å². The summed E-state index contributed by atoms with van der Waals surface area (Å²) in [4.78, 5) is 25.8. The van der Waals surface area contributed by atoms with Crippen LogP contribution in [0, 0.1) is 5.82 Å². The van der Waals surface area contributed by atoms with Gasteiger partial charge in [0.25, 0.3) is 11.8 Å². The topological polar surface area (TPSA) is 81.7 Å². The molecule has 0 fully saturated rings. The molecular formula is C24H20FN3O3. The molecule has 31 heavy (non-hydrogen) atoms. The van der Waals surface area contributed by atoms with Crippen LogP contribution in [-0.4, -0.2) is 30.6 Å². The molecule has 6 nitrogen and oxygen atoms in total. The Kier molecular flexibility index (Phi) is 5.51. The van der Waals surface area contributed by atoms with E-state index in [-0.39, 0.29) is 5.91 Å². The van der Waals surface area contributed by atoms with E-state index in [1.165, 1.54) is 17.0 Å². The highest BCUT2D eigenvalue weighted by Crippen LogP contribution is 2.38. The highest BCUT2D eigenvalue weighted by atomic mass is 19.1.